The van der Waals surface area contributed by atoms with Crippen LogP contribution in [0.1, 0.15) is 22.8 Å². The quantitative estimate of drug-likeness (QED) is 0.470. The largest absolute Gasteiger partial charge is 0.474 e. The molecule has 0 saturated heterocycles. The average Bonchev–Trinajstić information content (AvgIpc) is 2.67. The number of nitriles is 1. The van der Waals surface area contributed by atoms with Crippen LogP contribution in [0.3, 0.4) is 0 Å². The van der Waals surface area contributed by atoms with Gasteiger partial charge in [-0.2, -0.15) is 5.26 Å². The summed E-state index contributed by atoms with van der Waals surface area (Å²) in [6.07, 6.45) is -1.05. The number of ether oxygens (including phenoxy) is 2. The molecule has 0 bridgehead atoms. The van der Waals surface area contributed by atoms with Gasteiger partial charge in [-0.1, -0.05) is 0 Å². The predicted molar refractivity (Wildman–Crippen MR) is 94.3 cm³/mol. The van der Waals surface area contributed by atoms with Gasteiger partial charge in [0.15, 0.2) is 11.9 Å². The van der Waals surface area contributed by atoms with Crippen LogP contribution >= 0.6 is 0 Å². The lowest BCUT2D eigenvalue weighted by atomic mass is 10.2. The Kier molecular flexibility index (Phi) is 6.06. The van der Waals surface area contributed by atoms with Crippen molar-refractivity contribution in [3.8, 4) is 11.8 Å². The minimum absolute atomic E-state index is 0.00811. The Hall–Kier alpha value is -3.93. The number of benzene rings is 2. The van der Waals surface area contributed by atoms with Gasteiger partial charge >= 0.3 is 11.7 Å². The third-order valence-corrected chi connectivity index (χ3v) is 3.53. The molecule has 0 radical (unpaired) electrons. The fourth-order valence-corrected chi connectivity index (χ4v) is 2.12. The van der Waals surface area contributed by atoms with Crippen molar-refractivity contribution in [1.82, 2.24) is 0 Å². The summed E-state index contributed by atoms with van der Waals surface area (Å²) in [6, 6.07) is 11.7. The smallest absolute Gasteiger partial charge is 0.338 e. The zero-order valence-electron chi connectivity index (χ0n) is 14.5. The number of hydrogen-bond donors (Lipinski definition) is 1. The molecule has 2 rings (SSSR count). The van der Waals surface area contributed by atoms with Crippen LogP contribution in [0.2, 0.25) is 0 Å². The van der Waals surface area contributed by atoms with Crippen LogP contribution in [0, 0.1) is 21.4 Å². The van der Waals surface area contributed by atoms with E-state index < -0.39 is 28.6 Å². The van der Waals surface area contributed by atoms with Crippen LogP contribution in [0.25, 0.3) is 0 Å². The molecular weight excluding hydrogens is 354 g/mol. The number of rotatable bonds is 6. The number of anilines is 1. The number of amides is 1. The number of hydrogen-bond acceptors (Lipinski definition) is 7. The Morgan fingerprint density at radius 1 is 1.22 bits per heavy atom. The minimum atomic E-state index is -1.05. The molecule has 0 aromatic heterocycles. The van der Waals surface area contributed by atoms with Gasteiger partial charge in [0.1, 0.15) is 0 Å². The highest BCUT2D eigenvalue weighted by atomic mass is 16.6. The molecule has 0 aliphatic rings. The van der Waals surface area contributed by atoms with Crippen molar-refractivity contribution in [2.75, 3.05) is 12.4 Å². The van der Waals surface area contributed by atoms with E-state index in [2.05, 4.69) is 10.1 Å². The molecule has 2 aromatic carbocycles. The van der Waals surface area contributed by atoms with E-state index in [1.165, 1.54) is 31.2 Å². The van der Waals surface area contributed by atoms with E-state index >= 15 is 0 Å². The Balaban J connectivity index is 2.14. The van der Waals surface area contributed by atoms with Gasteiger partial charge in [-0.25, -0.2) is 4.79 Å². The van der Waals surface area contributed by atoms with Gasteiger partial charge in [-0.05, 0) is 43.3 Å². The van der Waals surface area contributed by atoms with E-state index in [0.717, 1.165) is 13.2 Å². The van der Waals surface area contributed by atoms with Gasteiger partial charge in [0, 0.05) is 11.8 Å². The summed E-state index contributed by atoms with van der Waals surface area (Å²) >= 11 is 0. The van der Waals surface area contributed by atoms with E-state index in [0.29, 0.717) is 11.3 Å². The molecule has 0 aliphatic carbocycles. The van der Waals surface area contributed by atoms with Crippen LogP contribution in [0.5, 0.6) is 5.75 Å². The number of nitro benzene ring substituents is 1. The van der Waals surface area contributed by atoms with E-state index in [4.69, 9.17) is 10.00 Å². The summed E-state index contributed by atoms with van der Waals surface area (Å²) in [4.78, 5) is 34.3. The summed E-state index contributed by atoms with van der Waals surface area (Å²) in [5, 5.41) is 22.6. The molecule has 0 fully saturated rings. The highest BCUT2D eigenvalue weighted by Crippen LogP contribution is 2.29. The maximum absolute atomic E-state index is 12.2. The fourth-order valence-electron chi connectivity index (χ4n) is 2.12. The number of nitro groups is 1. The number of nitrogens with one attached hydrogen (secondary N) is 1. The predicted octanol–water partition coefficient (Wildman–Crippen LogP) is 2.66. The summed E-state index contributed by atoms with van der Waals surface area (Å²) in [7, 11) is 1.16. The molecule has 0 saturated carbocycles. The van der Waals surface area contributed by atoms with Crippen LogP contribution in [0.15, 0.2) is 42.5 Å². The maximum atomic E-state index is 12.2. The summed E-state index contributed by atoms with van der Waals surface area (Å²) in [5.41, 5.74) is 0.422. The normalized spacial score (nSPS) is 11.0. The minimum Gasteiger partial charge on any atom is -0.474 e. The third-order valence-electron chi connectivity index (χ3n) is 3.53. The van der Waals surface area contributed by atoms with Gasteiger partial charge in [0.25, 0.3) is 5.91 Å². The highest BCUT2D eigenvalue weighted by Gasteiger charge is 2.23. The Bertz CT molecular complexity index is 918. The second-order valence-corrected chi connectivity index (χ2v) is 5.37. The molecule has 27 heavy (non-hydrogen) atoms. The SMILES string of the molecule is COC(=O)c1ccc(O[C@H](C)C(=O)Nc2ccc(C#N)cc2)c([N+](=O)[O-])c1. The lowest BCUT2D eigenvalue weighted by molar-refractivity contribution is -0.386. The zero-order valence-corrected chi connectivity index (χ0v) is 14.5. The van der Waals surface area contributed by atoms with Gasteiger partial charge < -0.3 is 14.8 Å². The maximum Gasteiger partial charge on any atom is 0.338 e. The summed E-state index contributed by atoms with van der Waals surface area (Å²) in [5.74, 6) is -1.42. The molecule has 0 heterocycles. The van der Waals surface area contributed by atoms with Gasteiger partial charge in [0.05, 0.1) is 29.2 Å². The second kappa shape index (κ2) is 8.44. The Morgan fingerprint density at radius 2 is 1.89 bits per heavy atom. The van der Waals surface area contributed by atoms with E-state index in [9.17, 15) is 19.7 Å². The van der Waals surface area contributed by atoms with E-state index in [1.54, 1.807) is 12.1 Å². The van der Waals surface area contributed by atoms with Crippen LogP contribution in [-0.2, 0) is 9.53 Å². The molecule has 0 aliphatic heterocycles. The van der Waals surface area contributed by atoms with Crippen LogP contribution < -0.4 is 10.1 Å². The Labute approximate surface area is 154 Å². The first kappa shape index (κ1) is 19.4. The summed E-state index contributed by atoms with van der Waals surface area (Å²) < 4.78 is 9.92. The first-order chi connectivity index (χ1) is 12.8. The molecule has 1 N–H and O–H groups in total. The lowest BCUT2D eigenvalue weighted by Crippen LogP contribution is -2.30. The van der Waals surface area contributed by atoms with Gasteiger partial charge in [-0.3, -0.25) is 14.9 Å². The number of esters is 1. The zero-order chi connectivity index (χ0) is 20.0. The number of methoxy groups -OCH3 is 1. The van der Waals surface area contributed by atoms with Crippen molar-refractivity contribution >= 4 is 23.3 Å². The van der Waals surface area contributed by atoms with Crippen LogP contribution in [-0.4, -0.2) is 30.0 Å². The number of nitrogens with zero attached hydrogens (tertiary/aromatic N) is 2. The molecule has 0 spiro atoms. The Morgan fingerprint density at radius 3 is 2.44 bits per heavy atom. The molecule has 9 nitrogen and oxygen atoms in total. The average molecular weight is 369 g/mol. The molecule has 9 heteroatoms. The number of carbonyl (C=O) groups excluding carboxylic acids is 2. The van der Waals surface area contributed by atoms with Crippen molar-refractivity contribution in [2.24, 2.45) is 0 Å². The molecule has 1 atom stereocenters. The van der Waals surface area contributed by atoms with E-state index in [1.807, 2.05) is 6.07 Å². The van der Waals surface area contributed by atoms with Crippen molar-refractivity contribution in [3.63, 3.8) is 0 Å². The van der Waals surface area contributed by atoms with Gasteiger partial charge in [0.2, 0.25) is 0 Å². The molecule has 1 amide bonds. The lowest BCUT2D eigenvalue weighted by Gasteiger charge is -2.15. The molecule has 138 valence electrons. The van der Waals surface area contributed by atoms with Crippen molar-refractivity contribution in [2.45, 2.75) is 13.0 Å². The van der Waals surface area contributed by atoms with Crippen molar-refractivity contribution < 1.29 is 24.0 Å². The van der Waals surface area contributed by atoms with Crippen molar-refractivity contribution in [1.29, 1.82) is 5.26 Å². The molecule has 0 unspecified atom stereocenters. The number of carbonyl (C=O) groups is 2. The van der Waals surface area contributed by atoms with Crippen molar-refractivity contribution in [3.05, 3.63) is 63.7 Å². The molecular formula is C18H15N3O6. The molecule has 2 aromatic rings. The van der Waals surface area contributed by atoms with Gasteiger partial charge in [-0.15, -0.1) is 0 Å². The van der Waals surface area contributed by atoms with E-state index in [-0.39, 0.29) is 11.3 Å². The third kappa shape index (κ3) is 4.79. The second-order valence-electron chi connectivity index (χ2n) is 5.37. The van der Waals surface area contributed by atoms with Crippen LogP contribution in [0.4, 0.5) is 11.4 Å². The summed E-state index contributed by atoms with van der Waals surface area (Å²) in [6.45, 7) is 1.43. The highest BCUT2D eigenvalue weighted by molar-refractivity contribution is 5.94. The topological polar surface area (TPSA) is 132 Å². The first-order valence-electron chi connectivity index (χ1n) is 7.70. The monoisotopic (exact) mass is 369 g/mol. The fraction of sp³-hybridized carbons (Fsp3) is 0.167. The standard InChI is InChI=1S/C18H15N3O6/c1-11(17(22)20-14-6-3-12(10-19)4-7-14)27-16-8-5-13(18(23)26-2)9-15(16)21(24)25/h3-9,11H,1-2H3,(H,20,22)/t11-/m1/s1. The first-order valence-corrected chi connectivity index (χ1v) is 7.70.